The zero-order valence-corrected chi connectivity index (χ0v) is 16.8. The number of aliphatic imine (C=N–C) groups is 1. The molecule has 0 bridgehead atoms. The lowest BCUT2D eigenvalue weighted by molar-refractivity contribution is -0.138. The van der Waals surface area contributed by atoms with E-state index < -0.39 is 23.2 Å². The van der Waals surface area contributed by atoms with E-state index in [-0.39, 0.29) is 42.6 Å². The van der Waals surface area contributed by atoms with E-state index >= 15 is 0 Å². The summed E-state index contributed by atoms with van der Waals surface area (Å²) in [6, 6.07) is 2.56. The Bertz CT molecular complexity index is 617. The van der Waals surface area contributed by atoms with Gasteiger partial charge in [0.1, 0.15) is 5.82 Å². The smallest absolute Gasteiger partial charge is 0.388 e. The Hall–Kier alpha value is -1.10. The first kappa shape index (κ1) is 22.9. The molecule has 1 aliphatic rings. The van der Waals surface area contributed by atoms with Crippen molar-refractivity contribution in [2.24, 2.45) is 4.99 Å². The molecule has 9 heteroatoms. The fourth-order valence-electron chi connectivity index (χ4n) is 2.91. The summed E-state index contributed by atoms with van der Waals surface area (Å²) in [4.78, 5) is 4.14. The van der Waals surface area contributed by atoms with Crippen LogP contribution in [-0.4, -0.2) is 29.8 Å². The van der Waals surface area contributed by atoms with Crippen molar-refractivity contribution in [2.45, 2.75) is 50.9 Å². The van der Waals surface area contributed by atoms with Crippen molar-refractivity contribution in [1.29, 1.82) is 0 Å². The van der Waals surface area contributed by atoms with Gasteiger partial charge in [-0.05, 0) is 37.5 Å². The maximum atomic E-state index is 13.1. The van der Waals surface area contributed by atoms with Crippen molar-refractivity contribution in [3.63, 3.8) is 0 Å². The summed E-state index contributed by atoms with van der Waals surface area (Å²) in [5.74, 6) is -0.617. The lowest BCUT2D eigenvalue weighted by Crippen LogP contribution is -2.46. The first-order chi connectivity index (χ1) is 11.7. The third-order valence-corrected chi connectivity index (χ3v) is 4.25. The Labute approximate surface area is 167 Å². The van der Waals surface area contributed by atoms with Crippen molar-refractivity contribution in [2.75, 3.05) is 13.1 Å². The summed E-state index contributed by atoms with van der Waals surface area (Å²) in [6.45, 7) is 2.40. The number of nitrogens with one attached hydrogen (secondary N) is 2. The van der Waals surface area contributed by atoms with Crippen molar-refractivity contribution in [3.05, 3.63) is 35.1 Å². The molecule has 148 valence electrons. The first-order valence-corrected chi connectivity index (χ1v) is 8.34. The van der Waals surface area contributed by atoms with E-state index in [9.17, 15) is 22.7 Å². The van der Waals surface area contributed by atoms with Gasteiger partial charge in [0.05, 0.1) is 17.7 Å². The normalized spacial score (nSPS) is 16.9. The molecule has 4 nitrogen and oxygen atoms in total. The van der Waals surface area contributed by atoms with Crippen LogP contribution in [0, 0.1) is 5.82 Å². The van der Waals surface area contributed by atoms with Gasteiger partial charge in [-0.1, -0.05) is 18.9 Å². The summed E-state index contributed by atoms with van der Waals surface area (Å²) >= 11 is 0. The number of benzene rings is 1. The minimum absolute atomic E-state index is 0. The third kappa shape index (κ3) is 6.57. The van der Waals surface area contributed by atoms with Crippen molar-refractivity contribution in [1.82, 2.24) is 10.6 Å². The van der Waals surface area contributed by atoms with Gasteiger partial charge in [0.25, 0.3) is 0 Å². The molecule has 0 saturated heterocycles. The van der Waals surface area contributed by atoms with Gasteiger partial charge in [0.15, 0.2) is 5.96 Å². The quantitative estimate of drug-likeness (QED) is 0.255. The van der Waals surface area contributed by atoms with E-state index in [0.29, 0.717) is 31.4 Å². The number of hydrogen-bond acceptors (Lipinski definition) is 2. The van der Waals surface area contributed by atoms with Crippen LogP contribution in [0.3, 0.4) is 0 Å². The molecule has 26 heavy (non-hydrogen) atoms. The first-order valence-electron chi connectivity index (χ1n) is 8.34. The number of guanidine groups is 1. The fraction of sp³-hybridized carbons (Fsp3) is 0.588. The zero-order chi connectivity index (χ0) is 18.5. The van der Waals surface area contributed by atoms with Crippen LogP contribution in [0.4, 0.5) is 17.6 Å². The van der Waals surface area contributed by atoms with Crippen molar-refractivity contribution >= 4 is 29.9 Å². The van der Waals surface area contributed by atoms with E-state index in [1.807, 2.05) is 6.92 Å². The molecule has 0 aliphatic heterocycles. The van der Waals surface area contributed by atoms with Crippen LogP contribution in [0.5, 0.6) is 0 Å². The van der Waals surface area contributed by atoms with Crippen molar-refractivity contribution < 1.29 is 22.7 Å². The van der Waals surface area contributed by atoms with Gasteiger partial charge in [0.2, 0.25) is 0 Å². The van der Waals surface area contributed by atoms with Crippen LogP contribution in [-0.2, 0) is 12.7 Å². The Morgan fingerprint density at radius 3 is 2.46 bits per heavy atom. The Morgan fingerprint density at radius 2 is 1.88 bits per heavy atom. The second-order valence-corrected chi connectivity index (χ2v) is 6.28. The van der Waals surface area contributed by atoms with Crippen LogP contribution in [0.2, 0.25) is 0 Å². The molecular formula is C17H24F4IN3O. The highest BCUT2D eigenvalue weighted by Crippen LogP contribution is 2.33. The van der Waals surface area contributed by atoms with Crippen LogP contribution in [0.15, 0.2) is 23.2 Å². The summed E-state index contributed by atoms with van der Waals surface area (Å²) in [5, 5.41) is 16.3. The highest BCUT2D eigenvalue weighted by atomic mass is 127. The minimum Gasteiger partial charge on any atom is -0.388 e. The van der Waals surface area contributed by atoms with Gasteiger partial charge in [-0.2, -0.15) is 13.2 Å². The monoisotopic (exact) mass is 489 g/mol. The summed E-state index contributed by atoms with van der Waals surface area (Å²) < 4.78 is 52.2. The van der Waals surface area contributed by atoms with Crippen LogP contribution in [0.25, 0.3) is 0 Å². The molecule has 1 saturated carbocycles. The lowest BCUT2D eigenvalue weighted by atomic mass is 10.0. The van der Waals surface area contributed by atoms with Crippen LogP contribution < -0.4 is 10.6 Å². The molecular weight excluding hydrogens is 465 g/mol. The van der Waals surface area contributed by atoms with Gasteiger partial charge in [0, 0.05) is 13.1 Å². The molecule has 0 heterocycles. The number of alkyl halides is 3. The zero-order valence-electron chi connectivity index (χ0n) is 14.5. The Kier molecular flexibility index (Phi) is 8.58. The molecule has 0 unspecified atom stereocenters. The molecule has 0 aromatic heterocycles. The molecule has 0 radical (unpaired) electrons. The topological polar surface area (TPSA) is 56.7 Å². The maximum Gasteiger partial charge on any atom is 0.416 e. The van der Waals surface area contributed by atoms with Gasteiger partial charge in [-0.3, -0.25) is 0 Å². The molecule has 1 aromatic carbocycles. The lowest BCUT2D eigenvalue weighted by Gasteiger charge is -2.24. The van der Waals surface area contributed by atoms with E-state index in [1.54, 1.807) is 0 Å². The van der Waals surface area contributed by atoms with Crippen LogP contribution in [0.1, 0.15) is 43.7 Å². The SMILES string of the molecule is CCNC(=NCc1ccc(F)cc1C(F)(F)F)NCC1(O)CCCC1.I. The van der Waals surface area contributed by atoms with E-state index in [1.165, 1.54) is 0 Å². The number of halogens is 5. The number of rotatable bonds is 5. The van der Waals surface area contributed by atoms with Gasteiger partial charge < -0.3 is 15.7 Å². The number of nitrogens with zero attached hydrogens (tertiary/aromatic N) is 1. The molecule has 0 spiro atoms. The van der Waals surface area contributed by atoms with Gasteiger partial charge >= 0.3 is 6.18 Å². The minimum atomic E-state index is -4.64. The van der Waals surface area contributed by atoms with Crippen LogP contribution >= 0.6 is 24.0 Å². The Balaban J connectivity index is 0.00000338. The van der Waals surface area contributed by atoms with Crippen molar-refractivity contribution in [3.8, 4) is 0 Å². The third-order valence-electron chi connectivity index (χ3n) is 4.25. The second-order valence-electron chi connectivity index (χ2n) is 6.28. The largest absolute Gasteiger partial charge is 0.416 e. The molecule has 2 rings (SSSR count). The van der Waals surface area contributed by atoms with E-state index in [2.05, 4.69) is 15.6 Å². The van der Waals surface area contributed by atoms with Gasteiger partial charge in [-0.25, -0.2) is 9.38 Å². The average Bonchev–Trinajstić information content (AvgIpc) is 2.97. The molecule has 0 atom stereocenters. The second kappa shape index (κ2) is 9.72. The number of hydrogen-bond donors (Lipinski definition) is 3. The summed E-state index contributed by atoms with van der Waals surface area (Å²) in [5.41, 5.74) is -1.93. The Morgan fingerprint density at radius 1 is 1.23 bits per heavy atom. The predicted molar refractivity (Wildman–Crippen MR) is 103 cm³/mol. The van der Waals surface area contributed by atoms with Gasteiger partial charge in [-0.15, -0.1) is 24.0 Å². The standard InChI is InChI=1S/C17H23F4N3O.HI/c1-2-22-15(24-11-16(25)7-3-4-8-16)23-10-12-5-6-13(18)9-14(12)17(19,20)21;/h5-6,9,25H,2-4,7-8,10-11H2,1H3,(H2,22,23,24);1H. The van der Waals surface area contributed by atoms with E-state index in [0.717, 1.165) is 25.0 Å². The van der Waals surface area contributed by atoms with E-state index in [4.69, 9.17) is 0 Å². The molecule has 3 N–H and O–H groups in total. The number of aliphatic hydroxyl groups is 1. The molecule has 0 amide bonds. The highest BCUT2D eigenvalue weighted by Gasteiger charge is 2.34. The molecule has 1 aliphatic carbocycles. The maximum absolute atomic E-state index is 13.1. The fourth-order valence-corrected chi connectivity index (χ4v) is 2.91. The average molecular weight is 489 g/mol. The summed E-state index contributed by atoms with van der Waals surface area (Å²) in [6.07, 6.45) is -1.35. The highest BCUT2D eigenvalue weighted by molar-refractivity contribution is 14.0. The molecule has 1 fully saturated rings. The predicted octanol–water partition coefficient (Wildman–Crippen LogP) is 3.82. The summed E-state index contributed by atoms with van der Waals surface area (Å²) in [7, 11) is 0. The molecule has 1 aromatic rings.